The first-order valence-electron chi connectivity index (χ1n) is 7.64. The standard InChI is InChI=1S/C19H14N2O3/c22-14-2-4-15-12(5-6-20-17(15)10-14)7-11-1-3-16-13(8-11)9-18(23)21-19(16)24/h2-8,10,22H,1,9H2,(H,21,23,24). The first kappa shape index (κ1) is 14.4. The molecule has 2 aromatic rings. The van der Waals surface area contributed by atoms with Crippen LogP contribution in [0.1, 0.15) is 18.4 Å². The predicted octanol–water partition coefficient (Wildman–Crippen LogP) is 2.63. The highest BCUT2D eigenvalue weighted by Crippen LogP contribution is 2.30. The van der Waals surface area contributed by atoms with Crippen molar-refractivity contribution in [2.45, 2.75) is 12.8 Å². The second-order valence-electron chi connectivity index (χ2n) is 5.87. The molecule has 0 bridgehead atoms. The minimum atomic E-state index is -0.318. The highest BCUT2D eigenvalue weighted by atomic mass is 16.3. The van der Waals surface area contributed by atoms with E-state index in [1.54, 1.807) is 18.3 Å². The number of imide groups is 1. The average Bonchev–Trinajstić information content (AvgIpc) is 2.54. The number of benzene rings is 1. The second kappa shape index (κ2) is 5.45. The van der Waals surface area contributed by atoms with Crippen molar-refractivity contribution in [2.24, 2.45) is 0 Å². The first-order chi connectivity index (χ1) is 11.6. The molecule has 5 heteroatoms. The van der Waals surface area contributed by atoms with Crippen molar-refractivity contribution >= 4 is 28.8 Å². The number of allylic oxidation sites excluding steroid dienone is 3. The molecule has 24 heavy (non-hydrogen) atoms. The topological polar surface area (TPSA) is 79.3 Å². The summed E-state index contributed by atoms with van der Waals surface area (Å²) >= 11 is 0. The summed E-state index contributed by atoms with van der Waals surface area (Å²) in [5.41, 5.74) is 4.08. The highest BCUT2D eigenvalue weighted by Gasteiger charge is 2.26. The summed E-state index contributed by atoms with van der Waals surface area (Å²) in [7, 11) is 0. The van der Waals surface area contributed by atoms with Gasteiger partial charge in [-0.3, -0.25) is 19.9 Å². The van der Waals surface area contributed by atoms with Crippen LogP contribution >= 0.6 is 0 Å². The summed E-state index contributed by atoms with van der Waals surface area (Å²) in [6.07, 6.45) is 8.35. The average molecular weight is 318 g/mol. The Morgan fingerprint density at radius 2 is 2.08 bits per heavy atom. The Hall–Kier alpha value is -3.21. The number of nitrogens with zero attached hydrogens (tertiary/aromatic N) is 1. The van der Waals surface area contributed by atoms with Gasteiger partial charge in [0.2, 0.25) is 5.91 Å². The van der Waals surface area contributed by atoms with E-state index in [2.05, 4.69) is 10.3 Å². The molecule has 2 amide bonds. The molecule has 0 unspecified atom stereocenters. The maximum atomic E-state index is 11.8. The molecule has 1 aromatic heterocycles. The first-order valence-corrected chi connectivity index (χ1v) is 7.64. The molecule has 2 heterocycles. The Morgan fingerprint density at radius 1 is 1.21 bits per heavy atom. The zero-order valence-electron chi connectivity index (χ0n) is 12.7. The van der Waals surface area contributed by atoms with E-state index < -0.39 is 0 Å². The van der Waals surface area contributed by atoms with E-state index >= 15 is 0 Å². The number of phenolic OH excluding ortho intramolecular Hbond substituents is 1. The summed E-state index contributed by atoms with van der Waals surface area (Å²) in [6, 6.07) is 6.99. The van der Waals surface area contributed by atoms with Gasteiger partial charge in [0.1, 0.15) is 5.75 Å². The lowest BCUT2D eigenvalue weighted by atomic mass is 9.88. The van der Waals surface area contributed by atoms with Crippen molar-refractivity contribution in [3.05, 3.63) is 64.9 Å². The molecule has 4 rings (SSSR count). The second-order valence-corrected chi connectivity index (χ2v) is 5.87. The Labute approximate surface area is 138 Å². The van der Waals surface area contributed by atoms with E-state index in [9.17, 15) is 14.7 Å². The van der Waals surface area contributed by atoms with Crippen LogP contribution in [0.4, 0.5) is 0 Å². The molecule has 1 aliphatic carbocycles. The monoisotopic (exact) mass is 318 g/mol. The third-order valence-electron chi connectivity index (χ3n) is 4.20. The largest absolute Gasteiger partial charge is 0.508 e. The quantitative estimate of drug-likeness (QED) is 0.792. The smallest absolute Gasteiger partial charge is 0.257 e. The Kier molecular flexibility index (Phi) is 3.27. The molecular weight excluding hydrogens is 304 g/mol. The number of aromatic nitrogens is 1. The molecule has 1 aromatic carbocycles. The summed E-state index contributed by atoms with van der Waals surface area (Å²) < 4.78 is 0. The molecule has 1 fully saturated rings. The van der Waals surface area contributed by atoms with Crippen molar-refractivity contribution in [1.29, 1.82) is 0 Å². The summed E-state index contributed by atoms with van der Waals surface area (Å²) in [4.78, 5) is 27.6. The Bertz CT molecular complexity index is 983. The molecule has 1 aliphatic heterocycles. The van der Waals surface area contributed by atoms with E-state index in [0.29, 0.717) is 12.0 Å². The van der Waals surface area contributed by atoms with Crippen molar-refractivity contribution in [3.8, 4) is 5.75 Å². The lowest BCUT2D eigenvalue weighted by molar-refractivity contribution is -0.129. The number of aromatic hydroxyl groups is 1. The van der Waals surface area contributed by atoms with E-state index in [1.165, 1.54) is 0 Å². The van der Waals surface area contributed by atoms with E-state index in [1.807, 2.05) is 30.4 Å². The maximum Gasteiger partial charge on any atom is 0.257 e. The van der Waals surface area contributed by atoms with Crippen LogP contribution in [0, 0.1) is 0 Å². The van der Waals surface area contributed by atoms with Gasteiger partial charge in [-0.1, -0.05) is 18.2 Å². The van der Waals surface area contributed by atoms with Crippen molar-refractivity contribution in [2.75, 3.05) is 0 Å². The van der Waals surface area contributed by atoms with Crippen LogP contribution in [0.2, 0.25) is 0 Å². The molecule has 118 valence electrons. The summed E-state index contributed by atoms with van der Waals surface area (Å²) in [5, 5.41) is 12.9. The summed E-state index contributed by atoms with van der Waals surface area (Å²) in [5.74, 6) is -0.408. The third-order valence-corrected chi connectivity index (χ3v) is 4.20. The minimum Gasteiger partial charge on any atom is -0.508 e. The molecule has 5 nitrogen and oxygen atoms in total. The van der Waals surface area contributed by atoms with E-state index in [-0.39, 0.29) is 24.0 Å². The van der Waals surface area contributed by atoms with Gasteiger partial charge in [-0.15, -0.1) is 0 Å². The number of pyridine rings is 1. The number of amides is 2. The van der Waals surface area contributed by atoms with Gasteiger partial charge in [0, 0.05) is 23.2 Å². The lowest BCUT2D eigenvalue weighted by Gasteiger charge is -2.21. The number of piperidine rings is 1. The fraction of sp³-hybridized carbons (Fsp3) is 0.105. The van der Waals surface area contributed by atoms with Gasteiger partial charge in [-0.05, 0) is 41.3 Å². The molecule has 0 saturated carbocycles. The van der Waals surface area contributed by atoms with Crippen LogP contribution < -0.4 is 5.32 Å². The van der Waals surface area contributed by atoms with Gasteiger partial charge >= 0.3 is 0 Å². The number of rotatable bonds is 1. The number of carbonyl (C=O) groups is 2. The van der Waals surface area contributed by atoms with Crippen LogP contribution in [0.5, 0.6) is 5.75 Å². The predicted molar refractivity (Wildman–Crippen MR) is 89.9 cm³/mol. The van der Waals surface area contributed by atoms with Gasteiger partial charge in [0.15, 0.2) is 0 Å². The molecule has 2 aliphatic rings. The number of carbonyl (C=O) groups excluding carboxylic acids is 2. The van der Waals surface area contributed by atoms with Gasteiger partial charge in [-0.25, -0.2) is 0 Å². The van der Waals surface area contributed by atoms with Crippen LogP contribution in [0.25, 0.3) is 17.0 Å². The van der Waals surface area contributed by atoms with Gasteiger partial charge < -0.3 is 5.11 Å². The van der Waals surface area contributed by atoms with Crippen molar-refractivity contribution in [3.63, 3.8) is 0 Å². The fourth-order valence-corrected chi connectivity index (χ4v) is 3.09. The van der Waals surface area contributed by atoms with Crippen LogP contribution in [0.3, 0.4) is 0 Å². The number of hydrogen-bond donors (Lipinski definition) is 2. The molecule has 2 N–H and O–H groups in total. The molecule has 1 saturated heterocycles. The molecule has 0 spiro atoms. The fourth-order valence-electron chi connectivity index (χ4n) is 3.09. The maximum absolute atomic E-state index is 11.8. The zero-order chi connectivity index (χ0) is 16.7. The Morgan fingerprint density at radius 3 is 2.96 bits per heavy atom. The van der Waals surface area contributed by atoms with Crippen molar-refractivity contribution < 1.29 is 14.7 Å². The molecule has 0 radical (unpaired) electrons. The third kappa shape index (κ3) is 2.50. The highest BCUT2D eigenvalue weighted by molar-refractivity contribution is 6.12. The van der Waals surface area contributed by atoms with Gasteiger partial charge in [0.25, 0.3) is 5.91 Å². The van der Waals surface area contributed by atoms with Crippen LogP contribution in [0.15, 0.2) is 59.3 Å². The SMILES string of the molecule is O=C1CC2=CC(=Cc3ccnc4cc(O)ccc34)CC=C2C(=O)N1. The number of nitrogens with one attached hydrogen (secondary N) is 1. The van der Waals surface area contributed by atoms with Gasteiger partial charge in [0.05, 0.1) is 11.9 Å². The number of phenols is 1. The van der Waals surface area contributed by atoms with Gasteiger partial charge in [-0.2, -0.15) is 0 Å². The number of hydrogen-bond acceptors (Lipinski definition) is 4. The van der Waals surface area contributed by atoms with E-state index in [4.69, 9.17) is 0 Å². The lowest BCUT2D eigenvalue weighted by Crippen LogP contribution is -2.37. The normalized spacial score (nSPS) is 18.9. The van der Waals surface area contributed by atoms with Crippen molar-refractivity contribution in [1.82, 2.24) is 10.3 Å². The van der Waals surface area contributed by atoms with Crippen LogP contribution in [-0.2, 0) is 9.59 Å². The summed E-state index contributed by atoms with van der Waals surface area (Å²) in [6.45, 7) is 0. The van der Waals surface area contributed by atoms with Crippen LogP contribution in [-0.4, -0.2) is 21.9 Å². The Balaban J connectivity index is 1.75. The minimum absolute atomic E-state index is 0.180. The zero-order valence-corrected chi connectivity index (χ0v) is 12.7. The van der Waals surface area contributed by atoms with E-state index in [0.717, 1.165) is 27.6 Å². The number of fused-ring (bicyclic) bond motifs is 2. The molecular formula is C19H14N2O3. The molecule has 0 atom stereocenters.